The smallest absolute Gasteiger partial charge is 0.305 e. The number of nitriles is 1. The molecule has 0 aliphatic carbocycles. The quantitative estimate of drug-likeness (QED) is 0.774. The molecule has 20 heavy (non-hydrogen) atoms. The first kappa shape index (κ1) is 15.4. The fourth-order valence-corrected chi connectivity index (χ4v) is 1.60. The highest BCUT2D eigenvalue weighted by Gasteiger charge is 2.12. The van der Waals surface area contributed by atoms with E-state index in [-0.39, 0.29) is 18.4 Å². The van der Waals surface area contributed by atoms with Gasteiger partial charge < -0.3 is 10.4 Å². The van der Waals surface area contributed by atoms with Crippen molar-refractivity contribution in [1.29, 1.82) is 5.26 Å². The number of rotatable bonds is 6. The summed E-state index contributed by atoms with van der Waals surface area (Å²) in [6.07, 6.45) is 3.44. The summed E-state index contributed by atoms with van der Waals surface area (Å²) in [5.74, 6) is -1.27. The fourth-order valence-electron chi connectivity index (χ4n) is 1.60. The molecular weight excluding hydrogens is 256 g/mol. The van der Waals surface area contributed by atoms with E-state index < -0.39 is 5.97 Å². The Bertz CT molecular complexity index is 541. The van der Waals surface area contributed by atoms with Gasteiger partial charge in [0.2, 0.25) is 5.91 Å². The van der Waals surface area contributed by atoms with Gasteiger partial charge in [0, 0.05) is 12.1 Å². The molecule has 0 heterocycles. The highest BCUT2D eigenvalue weighted by molar-refractivity contribution is 5.92. The largest absolute Gasteiger partial charge is 0.481 e. The first-order chi connectivity index (χ1) is 9.55. The van der Waals surface area contributed by atoms with Crippen LogP contribution in [0.4, 0.5) is 0 Å². The summed E-state index contributed by atoms with van der Waals surface area (Å²) in [5, 5.41) is 20.0. The van der Waals surface area contributed by atoms with Crippen molar-refractivity contribution in [3.63, 3.8) is 0 Å². The van der Waals surface area contributed by atoms with Crippen LogP contribution in [0.5, 0.6) is 0 Å². The highest BCUT2D eigenvalue weighted by Crippen LogP contribution is 2.05. The zero-order valence-electron chi connectivity index (χ0n) is 11.2. The van der Waals surface area contributed by atoms with Crippen LogP contribution in [0.2, 0.25) is 0 Å². The van der Waals surface area contributed by atoms with Gasteiger partial charge in [0.15, 0.2) is 0 Å². The van der Waals surface area contributed by atoms with E-state index in [1.165, 1.54) is 6.08 Å². The molecule has 1 unspecified atom stereocenters. The maximum atomic E-state index is 11.6. The number of carboxylic acids is 1. The van der Waals surface area contributed by atoms with Gasteiger partial charge in [0.1, 0.15) is 0 Å². The van der Waals surface area contributed by atoms with Gasteiger partial charge in [-0.2, -0.15) is 5.26 Å². The number of hydrogen-bond acceptors (Lipinski definition) is 3. The first-order valence-electron chi connectivity index (χ1n) is 6.25. The topological polar surface area (TPSA) is 90.2 Å². The van der Waals surface area contributed by atoms with Crippen LogP contribution in [0.3, 0.4) is 0 Å². The SMILES string of the molecule is CCC(CC(=O)O)NC(=O)/C=C/c1ccc(C#N)cc1. The number of nitrogens with zero attached hydrogens (tertiary/aromatic N) is 1. The van der Waals surface area contributed by atoms with Crippen molar-refractivity contribution in [3.8, 4) is 6.07 Å². The summed E-state index contributed by atoms with van der Waals surface area (Å²) < 4.78 is 0. The van der Waals surface area contributed by atoms with E-state index in [1.54, 1.807) is 30.3 Å². The number of amides is 1. The van der Waals surface area contributed by atoms with E-state index in [4.69, 9.17) is 10.4 Å². The summed E-state index contributed by atoms with van der Waals surface area (Å²) in [7, 11) is 0. The lowest BCUT2D eigenvalue weighted by Crippen LogP contribution is -2.34. The molecule has 0 aliphatic rings. The Morgan fingerprint density at radius 3 is 2.55 bits per heavy atom. The summed E-state index contributed by atoms with van der Waals surface area (Å²) in [5.41, 5.74) is 1.35. The van der Waals surface area contributed by atoms with Crippen LogP contribution >= 0.6 is 0 Å². The summed E-state index contributed by atoms with van der Waals surface area (Å²) in [6, 6.07) is 8.44. The maximum absolute atomic E-state index is 11.6. The first-order valence-corrected chi connectivity index (χ1v) is 6.25. The van der Waals surface area contributed by atoms with Gasteiger partial charge in [-0.1, -0.05) is 19.1 Å². The van der Waals surface area contributed by atoms with Gasteiger partial charge >= 0.3 is 5.97 Å². The molecule has 0 bridgehead atoms. The fraction of sp³-hybridized carbons (Fsp3) is 0.267. The van der Waals surface area contributed by atoms with E-state index in [0.717, 1.165) is 5.56 Å². The molecule has 0 radical (unpaired) electrons. The zero-order valence-corrected chi connectivity index (χ0v) is 11.2. The summed E-state index contributed by atoms with van der Waals surface area (Å²) in [6.45, 7) is 1.82. The Labute approximate surface area is 117 Å². The predicted octanol–water partition coefficient (Wildman–Crippen LogP) is 1.94. The Kier molecular flexibility index (Phi) is 5.98. The van der Waals surface area contributed by atoms with Gasteiger partial charge in [-0.05, 0) is 30.2 Å². The minimum atomic E-state index is -0.937. The lowest BCUT2D eigenvalue weighted by Gasteiger charge is -2.12. The third-order valence-corrected chi connectivity index (χ3v) is 2.73. The van der Waals surface area contributed by atoms with Gasteiger partial charge in [-0.15, -0.1) is 0 Å². The second-order valence-electron chi connectivity index (χ2n) is 4.28. The molecule has 1 amide bonds. The van der Waals surface area contributed by atoms with Crippen LogP contribution in [-0.4, -0.2) is 23.0 Å². The van der Waals surface area contributed by atoms with Crippen LogP contribution < -0.4 is 5.32 Å². The number of benzene rings is 1. The third kappa shape index (κ3) is 5.36. The normalized spacial score (nSPS) is 11.8. The van der Waals surface area contributed by atoms with E-state index in [1.807, 2.05) is 13.0 Å². The molecular formula is C15H16N2O3. The third-order valence-electron chi connectivity index (χ3n) is 2.73. The Morgan fingerprint density at radius 1 is 1.40 bits per heavy atom. The monoisotopic (exact) mass is 272 g/mol. The average Bonchev–Trinajstić information content (AvgIpc) is 2.44. The van der Waals surface area contributed by atoms with Gasteiger partial charge in [0.05, 0.1) is 18.1 Å². The molecule has 5 heteroatoms. The van der Waals surface area contributed by atoms with Crippen molar-refractivity contribution in [2.75, 3.05) is 0 Å². The molecule has 0 saturated carbocycles. The number of aliphatic carboxylic acids is 1. The van der Waals surface area contributed by atoms with Crippen molar-refractivity contribution >= 4 is 18.0 Å². The molecule has 2 N–H and O–H groups in total. The zero-order chi connectivity index (χ0) is 15.0. The lowest BCUT2D eigenvalue weighted by atomic mass is 10.1. The van der Waals surface area contributed by atoms with Crippen molar-refractivity contribution in [3.05, 3.63) is 41.5 Å². The van der Waals surface area contributed by atoms with Crippen LogP contribution in [0.25, 0.3) is 6.08 Å². The molecule has 1 rings (SSSR count). The highest BCUT2D eigenvalue weighted by atomic mass is 16.4. The molecule has 1 atom stereocenters. The van der Waals surface area contributed by atoms with Crippen LogP contribution in [0, 0.1) is 11.3 Å². The summed E-state index contributed by atoms with van der Waals surface area (Å²) >= 11 is 0. The molecule has 0 saturated heterocycles. The van der Waals surface area contributed by atoms with E-state index in [9.17, 15) is 9.59 Å². The maximum Gasteiger partial charge on any atom is 0.305 e. The molecule has 1 aromatic carbocycles. The molecule has 0 aromatic heterocycles. The number of nitrogens with one attached hydrogen (secondary N) is 1. The second-order valence-corrected chi connectivity index (χ2v) is 4.28. The summed E-state index contributed by atoms with van der Waals surface area (Å²) in [4.78, 5) is 22.2. The van der Waals surface area contributed by atoms with Crippen LogP contribution in [0.15, 0.2) is 30.3 Å². The van der Waals surface area contributed by atoms with Crippen molar-refractivity contribution in [2.45, 2.75) is 25.8 Å². The molecule has 5 nitrogen and oxygen atoms in total. The number of carboxylic acid groups (broad SMARTS) is 1. The lowest BCUT2D eigenvalue weighted by molar-refractivity contribution is -0.137. The minimum absolute atomic E-state index is 0.0903. The van der Waals surface area contributed by atoms with Crippen molar-refractivity contribution < 1.29 is 14.7 Å². The average molecular weight is 272 g/mol. The van der Waals surface area contributed by atoms with Gasteiger partial charge in [0.25, 0.3) is 0 Å². The van der Waals surface area contributed by atoms with Gasteiger partial charge in [-0.3, -0.25) is 9.59 Å². The molecule has 0 fully saturated rings. The number of carbonyl (C=O) groups excluding carboxylic acids is 1. The van der Waals surface area contributed by atoms with Crippen molar-refractivity contribution in [2.24, 2.45) is 0 Å². The second kappa shape index (κ2) is 7.74. The standard InChI is InChI=1S/C15H16N2O3/c1-2-13(9-15(19)20)17-14(18)8-7-11-3-5-12(10-16)6-4-11/h3-8,13H,2,9H2,1H3,(H,17,18)(H,19,20)/b8-7+. The Balaban J connectivity index is 2.58. The Morgan fingerprint density at radius 2 is 2.05 bits per heavy atom. The van der Waals surface area contributed by atoms with Crippen LogP contribution in [0.1, 0.15) is 30.9 Å². The van der Waals surface area contributed by atoms with E-state index >= 15 is 0 Å². The minimum Gasteiger partial charge on any atom is -0.481 e. The van der Waals surface area contributed by atoms with Gasteiger partial charge in [-0.25, -0.2) is 0 Å². The number of carbonyl (C=O) groups is 2. The molecule has 0 aliphatic heterocycles. The van der Waals surface area contributed by atoms with E-state index in [2.05, 4.69) is 5.32 Å². The van der Waals surface area contributed by atoms with Crippen LogP contribution in [-0.2, 0) is 9.59 Å². The predicted molar refractivity (Wildman–Crippen MR) is 74.7 cm³/mol. The Hall–Kier alpha value is -2.61. The molecule has 104 valence electrons. The van der Waals surface area contributed by atoms with E-state index in [0.29, 0.717) is 12.0 Å². The molecule has 1 aromatic rings. The van der Waals surface area contributed by atoms with Crippen molar-refractivity contribution in [1.82, 2.24) is 5.32 Å². The number of hydrogen-bond donors (Lipinski definition) is 2. The molecule has 0 spiro atoms.